The Bertz CT molecular complexity index is 356. The van der Waals surface area contributed by atoms with Crippen molar-refractivity contribution in [1.82, 2.24) is 0 Å². The summed E-state index contributed by atoms with van der Waals surface area (Å²) in [7, 11) is 0. The number of hydrogen-bond donors (Lipinski definition) is 1. The minimum Gasteiger partial charge on any atom is -0.508 e. The maximum Gasteiger partial charge on any atom is 0.121 e. The van der Waals surface area contributed by atoms with E-state index in [4.69, 9.17) is 4.74 Å². The molecular formula is C16H24O2. The molecule has 2 heteroatoms. The Morgan fingerprint density at radius 1 is 1.22 bits per heavy atom. The molecule has 0 heterocycles. The van der Waals surface area contributed by atoms with E-state index >= 15 is 0 Å². The first-order chi connectivity index (χ1) is 8.81. The Morgan fingerprint density at radius 3 is 2.61 bits per heavy atom. The Hall–Kier alpha value is -1.02. The summed E-state index contributed by atoms with van der Waals surface area (Å²) in [6.45, 7) is 2.16. The number of rotatable bonds is 5. The molecule has 0 amide bonds. The molecule has 1 aliphatic rings. The first-order valence-electron chi connectivity index (χ1n) is 7.24. The van der Waals surface area contributed by atoms with E-state index < -0.39 is 0 Å². The van der Waals surface area contributed by atoms with Crippen molar-refractivity contribution in [2.45, 2.75) is 64.1 Å². The van der Waals surface area contributed by atoms with Crippen LogP contribution in [0.25, 0.3) is 0 Å². The smallest absolute Gasteiger partial charge is 0.121 e. The molecule has 1 fully saturated rings. The molecule has 0 bridgehead atoms. The van der Waals surface area contributed by atoms with E-state index in [0.29, 0.717) is 11.9 Å². The number of ether oxygens (including phenoxy) is 1. The zero-order valence-corrected chi connectivity index (χ0v) is 11.3. The van der Waals surface area contributed by atoms with E-state index in [9.17, 15) is 5.11 Å². The van der Waals surface area contributed by atoms with Crippen molar-refractivity contribution in [3.8, 4) is 5.75 Å². The molecule has 0 saturated heterocycles. The zero-order valence-electron chi connectivity index (χ0n) is 11.3. The van der Waals surface area contributed by atoms with Gasteiger partial charge in [-0.1, -0.05) is 50.8 Å². The van der Waals surface area contributed by atoms with Crippen LogP contribution in [-0.2, 0) is 4.74 Å². The van der Waals surface area contributed by atoms with Gasteiger partial charge in [0.05, 0.1) is 12.2 Å². The van der Waals surface area contributed by atoms with Crippen LogP contribution in [0.2, 0.25) is 0 Å². The van der Waals surface area contributed by atoms with Crippen molar-refractivity contribution in [3.05, 3.63) is 29.8 Å². The van der Waals surface area contributed by atoms with E-state index in [0.717, 1.165) is 18.4 Å². The maximum atomic E-state index is 9.96. The minimum absolute atomic E-state index is 0.0549. The first-order valence-corrected chi connectivity index (χ1v) is 7.24. The summed E-state index contributed by atoms with van der Waals surface area (Å²) in [5.74, 6) is 0.367. The Morgan fingerprint density at radius 2 is 1.94 bits per heavy atom. The van der Waals surface area contributed by atoms with Gasteiger partial charge in [-0.25, -0.2) is 0 Å². The van der Waals surface area contributed by atoms with Crippen LogP contribution in [-0.4, -0.2) is 11.2 Å². The summed E-state index contributed by atoms with van der Waals surface area (Å²) in [5, 5.41) is 9.96. The highest BCUT2D eigenvalue weighted by atomic mass is 16.5. The van der Waals surface area contributed by atoms with E-state index in [2.05, 4.69) is 6.92 Å². The molecule has 2 nitrogen and oxygen atoms in total. The fourth-order valence-electron chi connectivity index (χ4n) is 2.75. The molecule has 1 aromatic carbocycles. The van der Waals surface area contributed by atoms with Gasteiger partial charge in [-0.05, 0) is 25.3 Å². The Balaban J connectivity index is 2.05. The molecular weight excluding hydrogens is 224 g/mol. The average molecular weight is 248 g/mol. The van der Waals surface area contributed by atoms with E-state index in [1.54, 1.807) is 6.07 Å². The van der Waals surface area contributed by atoms with Crippen LogP contribution in [0, 0.1) is 0 Å². The lowest BCUT2D eigenvalue weighted by atomic mass is 9.96. The number of phenolic OH excluding ortho intramolecular Hbond substituents is 1. The van der Waals surface area contributed by atoms with Crippen molar-refractivity contribution in [2.75, 3.05) is 0 Å². The number of para-hydroxylation sites is 1. The predicted octanol–water partition coefficient (Wildman–Crippen LogP) is 4.58. The SMILES string of the molecule is CCCC(OC1CCCCC1)c1ccccc1O. The van der Waals surface area contributed by atoms with E-state index in [-0.39, 0.29) is 6.10 Å². The molecule has 2 rings (SSSR count). The molecule has 1 aliphatic carbocycles. The zero-order chi connectivity index (χ0) is 12.8. The van der Waals surface area contributed by atoms with Crippen LogP contribution in [0.4, 0.5) is 0 Å². The lowest BCUT2D eigenvalue weighted by Crippen LogP contribution is -2.20. The molecule has 0 aromatic heterocycles. The van der Waals surface area contributed by atoms with Crippen molar-refractivity contribution in [1.29, 1.82) is 0 Å². The van der Waals surface area contributed by atoms with Crippen LogP contribution in [0.3, 0.4) is 0 Å². The quantitative estimate of drug-likeness (QED) is 0.826. The summed E-state index contributed by atoms with van der Waals surface area (Å²) in [6, 6.07) is 7.57. The molecule has 0 aliphatic heterocycles. The van der Waals surface area contributed by atoms with Crippen molar-refractivity contribution in [3.63, 3.8) is 0 Å². The highest BCUT2D eigenvalue weighted by molar-refractivity contribution is 5.33. The minimum atomic E-state index is 0.0549. The molecule has 1 unspecified atom stereocenters. The van der Waals surface area contributed by atoms with Crippen LogP contribution in [0.5, 0.6) is 5.75 Å². The van der Waals surface area contributed by atoms with Gasteiger partial charge in [0, 0.05) is 5.56 Å². The second kappa shape index (κ2) is 6.79. The second-order valence-electron chi connectivity index (χ2n) is 5.23. The monoisotopic (exact) mass is 248 g/mol. The second-order valence-corrected chi connectivity index (χ2v) is 5.23. The molecule has 1 N–H and O–H groups in total. The van der Waals surface area contributed by atoms with Gasteiger partial charge in [-0.3, -0.25) is 0 Å². The molecule has 0 spiro atoms. The molecule has 18 heavy (non-hydrogen) atoms. The summed E-state index contributed by atoms with van der Waals surface area (Å²) < 4.78 is 6.24. The van der Waals surface area contributed by atoms with Crippen LogP contribution < -0.4 is 0 Å². The summed E-state index contributed by atoms with van der Waals surface area (Å²) >= 11 is 0. The van der Waals surface area contributed by atoms with Gasteiger partial charge in [0.25, 0.3) is 0 Å². The third-order valence-corrected chi connectivity index (χ3v) is 3.74. The van der Waals surface area contributed by atoms with E-state index in [1.807, 2.05) is 18.2 Å². The van der Waals surface area contributed by atoms with E-state index in [1.165, 1.54) is 32.1 Å². The number of benzene rings is 1. The normalized spacial score (nSPS) is 18.7. The van der Waals surface area contributed by atoms with Gasteiger partial charge in [-0.15, -0.1) is 0 Å². The fourth-order valence-corrected chi connectivity index (χ4v) is 2.75. The molecule has 0 radical (unpaired) electrons. The van der Waals surface area contributed by atoms with Gasteiger partial charge in [0.2, 0.25) is 0 Å². The topological polar surface area (TPSA) is 29.5 Å². The molecule has 100 valence electrons. The van der Waals surface area contributed by atoms with Crippen molar-refractivity contribution >= 4 is 0 Å². The first kappa shape index (κ1) is 13.4. The fraction of sp³-hybridized carbons (Fsp3) is 0.625. The van der Waals surface area contributed by atoms with Crippen LogP contribution >= 0.6 is 0 Å². The maximum absolute atomic E-state index is 9.96. The van der Waals surface area contributed by atoms with Crippen molar-refractivity contribution in [2.24, 2.45) is 0 Å². The highest BCUT2D eigenvalue weighted by Crippen LogP contribution is 2.33. The molecule has 1 aromatic rings. The van der Waals surface area contributed by atoms with Gasteiger partial charge in [-0.2, -0.15) is 0 Å². The Labute approximate surface area is 110 Å². The number of hydrogen-bond acceptors (Lipinski definition) is 2. The standard InChI is InChI=1S/C16H24O2/c1-2-8-16(14-11-6-7-12-15(14)17)18-13-9-4-3-5-10-13/h6-7,11-13,16-17H,2-5,8-10H2,1H3. The lowest BCUT2D eigenvalue weighted by molar-refractivity contribution is -0.0363. The number of phenols is 1. The summed E-state index contributed by atoms with van der Waals surface area (Å²) in [5.41, 5.74) is 0.949. The largest absolute Gasteiger partial charge is 0.508 e. The van der Waals surface area contributed by atoms with Crippen LogP contribution in [0.1, 0.15) is 63.5 Å². The summed E-state index contributed by atoms with van der Waals surface area (Å²) in [4.78, 5) is 0. The molecule has 1 atom stereocenters. The van der Waals surface area contributed by atoms with Crippen molar-refractivity contribution < 1.29 is 9.84 Å². The average Bonchev–Trinajstić information content (AvgIpc) is 2.40. The number of aromatic hydroxyl groups is 1. The third-order valence-electron chi connectivity index (χ3n) is 3.74. The summed E-state index contributed by atoms with van der Waals surface area (Å²) in [6.07, 6.45) is 8.75. The highest BCUT2D eigenvalue weighted by Gasteiger charge is 2.21. The van der Waals surface area contributed by atoms with Gasteiger partial charge in [0.1, 0.15) is 5.75 Å². The van der Waals surface area contributed by atoms with Gasteiger partial charge < -0.3 is 9.84 Å². The third kappa shape index (κ3) is 3.49. The lowest BCUT2D eigenvalue weighted by Gasteiger charge is -2.28. The predicted molar refractivity (Wildman–Crippen MR) is 73.7 cm³/mol. The van der Waals surface area contributed by atoms with Gasteiger partial charge >= 0.3 is 0 Å². The molecule has 1 saturated carbocycles. The van der Waals surface area contributed by atoms with Gasteiger partial charge in [0.15, 0.2) is 0 Å². The van der Waals surface area contributed by atoms with Crippen LogP contribution in [0.15, 0.2) is 24.3 Å². The Kier molecular flexibility index (Phi) is 5.06.